The molecule has 1 aromatic carbocycles. The van der Waals surface area contributed by atoms with Crippen LogP contribution in [0.15, 0.2) is 18.2 Å². The maximum Gasteiger partial charge on any atom is 0.126 e. The fourth-order valence-corrected chi connectivity index (χ4v) is 3.46. The van der Waals surface area contributed by atoms with E-state index >= 15 is 0 Å². The molecule has 3 unspecified atom stereocenters. The summed E-state index contributed by atoms with van der Waals surface area (Å²) < 4.78 is 26.4. The summed E-state index contributed by atoms with van der Waals surface area (Å²) in [7, 11) is 0. The van der Waals surface area contributed by atoms with E-state index in [1.54, 1.807) is 0 Å². The second-order valence-electron chi connectivity index (χ2n) is 5.76. The number of hydrogen-bond donors (Lipinski definition) is 1. The van der Waals surface area contributed by atoms with Gasteiger partial charge in [-0.25, -0.2) is 8.78 Å². The molecule has 1 aliphatic carbocycles. The van der Waals surface area contributed by atoms with Gasteiger partial charge >= 0.3 is 0 Å². The van der Waals surface area contributed by atoms with Crippen molar-refractivity contribution >= 4 is 0 Å². The highest BCUT2D eigenvalue weighted by molar-refractivity contribution is 5.19. The molecule has 1 saturated carbocycles. The van der Waals surface area contributed by atoms with Crippen LogP contribution in [-0.4, -0.2) is 6.04 Å². The molecule has 2 N–H and O–H groups in total. The van der Waals surface area contributed by atoms with Gasteiger partial charge in [-0.3, -0.25) is 0 Å². The van der Waals surface area contributed by atoms with E-state index in [9.17, 15) is 8.78 Å². The molecule has 0 bridgehead atoms. The van der Waals surface area contributed by atoms with E-state index in [-0.39, 0.29) is 6.04 Å². The average Bonchev–Trinajstić information content (AvgIpc) is 2.37. The summed E-state index contributed by atoms with van der Waals surface area (Å²) in [5, 5.41) is 0. The van der Waals surface area contributed by atoms with Gasteiger partial charge in [0, 0.05) is 12.1 Å². The fourth-order valence-electron chi connectivity index (χ4n) is 3.46. The van der Waals surface area contributed by atoms with E-state index in [0.29, 0.717) is 23.8 Å². The Hall–Kier alpha value is -0.960. The summed E-state index contributed by atoms with van der Waals surface area (Å²) in [4.78, 5) is 0. The van der Waals surface area contributed by atoms with Crippen molar-refractivity contribution in [3.05, 3.63) is 35.4 Å². The Labute approximate surface area is 114 Å². The average molecular weight is 267 g/mol. The number of rotatable bonds is 4. The summed E-state index contributed by atoms with van der Waals surface area (Å²) in [5.41, 5.74) is 6.97. The van der Waals surface area contributed by atoms with Crippen LogP contribution >= 0.6 is 0 Å². The van der Waals surface area contributed by atoms with Gasteiger partial charge in [0.25, 0.3) is 0 Å². The first-order valence-electron chi connectivity index (χ1n) is 7.30. The number of benzene rings is 1. The van der Waals surface area contributed by atoms with Crippen molar-refractivity contribution in [2.75, 3.05) is 0 Å². The summed E-state index contributed by atoms with van der Waals surface area (Å²) in [6, 6.07) is 3.70. The molecule has 0 spiro atoms. The zero-order valence-corrected chi connectivity index (χ0v) is 11.5. The van der Waals surface area contributed by atoms with Crippen molar-refractivity contribution < 1.29 is 8.78 Å². The van der Waals surface area contributed by atoms with Crippen LogP contribution in [0.2, 0.25) is 0 Å². The monoisotopic (exact) mass is 267 g/mol. The SMILES string of the molecule is CCC1CCCCC1C(N)Cc1cc(F)cc(F)c1. The van der Waals surface area contributed by atoms with E-state index in [0.717, 1.165) is 18.9 Å². The number of hydrogen-bond acceptors (Lipinski definition) is 1. The van der Waals surface area contributed by atoms with E-state index in [1.165, 1.54) is 31.4 Å². The van der Waals surface area contributed by atoms with Crippen molar-refractivity contribution in [2.24, 2.45) is 17.6 Å². The molecular weight excluding hydrogens is 244 g/mol. The third-order valence-electron chi connectivity index (χ3n) is 4.44. The van der Waals surface area contributed by atoms with Crippen LogP contribution in [-0.2, 0) is 6.42 Å². The van der Waals surface area contributed by atoms with Crippen LogP contribution in [0.4, 0.5) is 8.78 Å². The molecule has 0 aromatic heterocycles. The minimum atomic E-state index is -0.516. The topological polar surface area (TPSA) is 26.0 Å². The lowest BCUT2D eigenvalue weighted by molar-refractivity contribution is 0.195. The van der Waals surface area contributed by atoms with E-state index in [2.05, 4.69) is 6.92 Å². The van der Waals surface area contributed by atoms with Crippen LogP contribution in [0.3, 0.4) is 0 Å². The fraction of sp³-hybridized carbons (Fsp3) is 0.625. The summed E-state index contributed by atoms with van der Waals surface area (Å²) >= 11 is 0. The predicted molar refractivity (Wildman–Crippen MR) is 73.8 cm³/mol. The maximum absolute atomic E-state index is 13.2. The minimum Gasteiger partial charge on any atom is -0.327 e. The quantitative estimate of drug-likeness (QED) is 0.875. The highest BCUT2D eigenvalue weighted by Gasteiger charge is 2.28. The largest absolute Gasteiger partial charge is 0.327 e. The van der Waals surface area contributed by atoms with Crippen LogP contribution in [0.5, 0.6) is 0 Å². The molecule has 0 aliphatic heterocycles. The zero-order valence-electron chi connectivity index (χ0n) is 11.5. The molecule has 1 aliphatic rings. The Bertz CT molecular complexity index is 399. The highest BCUT2D eigenvalue weighted by atomic mass is 19.1. The lowest BCUT2D eigenvalue weighted by atomic mass is 9.73. The van der Waals surface area contributed by atoms with Crippen LogP contribution in [0.1, 0.15) is 44.6 Å². The maximum atomic E-state index is 13.2. The molecule has 3 atom stereocenters. The van der Waals surface area contributed by atoms with Gasteiger partial charge in [-0.1, -0.05) is 32.6 Å². The summed E-state index contributed by atoms with van der Waals surface area (Å²) in [6.07, 6.45) is 6.62. The molecule has 1 aromatic rings. The van der Waals surface area contributed by atoms with Crippen molar-refractivity contribution in [1.82, 2.24) is 0 Å². The van der Waals surface area contributed by atoms with Gasteiger partial charge in [-0.15, -0.1) is 0 Å². The van der Waals surface area contributed by atoms with Crippen molar-refractivity contribution in [3.8, 4) is 0 Å². The molecule has 0 radical (unpaired) electrons. The van der Waals surface area contributed by atoms with Gasteiger partial charge in [-0.05, 0) is 42.4 Å². The molecule has 19 heavy (non-hydrogen) atoms. The summed E-state index contributed by atoms with van der Waals surface area (Å²) in [6.45, 7) is 2.21. The smallest absolute Gasteiger partial charge is 0.126 e. The van der Waals surface area contributed by atoms with Crippen molar-refractivity contribution in [3.63, 3.8) is 0 Å². The molecule has 106 valence electrons. The standard InChI is InChI=1S/C16H23F2N/c1-2-12-5-3-4-6-15(12)16(19)9-11-7-13(17)10-14(18)8-11/h7-8,10,12,15-16H,2-6,9,19H2,1H3. The molecule has 0 amide bonds. The molecule has 3 heteroatoms. The Kier molecular flexibility index (Phi) is 4.92. The van der Waals surface area contributed by atoms with Crippen LogP contribution < -0.4 is 5.73 Å². The number of nitrogens with two attached hydrogens (primary N) is 1. The Morgan fingerprint density at radius 1 is 1.16 bits per heavy atom. The van der Waals surface area contributed by atoms with Crippen LogP contribution in [0.25, 0.3) is 0 Å². The second-order valence-corrected chi connectivity index (χ2v) is 5.76. The first kappa shape index (κ1) is 14.4. The van der Waals surface area contributed by atoms with E-state index < -0.39 is 11.6 Å². The molecular formula is C16H23F2N. The molecule has 1 nitrogen and oxygen atoms in total. The Morgan fingerprint density at radius 2 is 1.79 bits per heavy atom. The Balaban J connectivity index is 2.04. The van der Waals surface area contributed by atoms with E-state index in [1.807, 2.05) is 0 Å². The lowest BCUT2D eigenvalue weighted by Gasteiger charge is -2.35. The predicted octanol–water partition coefficient (Wildman–Crippen LogP) is 4.05. The van der Waals surface area contributed by atoms with Crippen LogP contribution in [0, 0.1) is 23.5 Å². The first-order valence-corrected chi connectivity index (χ1v) is 7.30. The number of halogens is 2. The van der Waals surface area contributed by atoms with E-state index in [4.69, 9.17) is 5.73 Å². The molecule has 0 heterocycles. The molecule has 2 rings (SSSR count). The third-order valence-corrected chi connectivity index (χ3v) is 4.44. The molecule has 0 saturated heterocycles. The zero-order chi connectivity index (χ0) is 13.8. The van der Waals surface area contributed by atoms with Gasteiger partial charge in [-0.2, -0.15) is 0 Å². The van der Waals surface area contributed by atoms with Crippen molar-refractivity contribution in [1.29, 1.82) is 0 Å². The van der Waals surface area contributed by atoms with Gasteiger partial charge in [0.15, 0.2) is 0 Å². The third kappa shape index (κ3) is 3.75. The second kappa shape index (κ2) is 6.47. The van der Waals surface area contributed by atoms with Gasteiger partial charge in [0.1, 0.15) is 11.6 Å². The normalized spacial score (nSPS) is 25.3. The van der Waals surface area contributed by atoms with Gasteiger partial charge < -0.3 is 5.73 Å². The lowest BCUT2D eigenvalue weighted by Crippen LogP contribution is -2.38. The van der Waals surface area contributed by atoms with Gasteiger partial charge in [0.2, 0.25) is 0 Å². The Morgan fingerprint density at radius 3 is 2.42 bits per heavy atom. The molecule has 1 fully saturated rings. The minimum absolute atomic E-state index is 0.00597. The van der Waals surface area contributed by atoms with Gasteiger partial charge in [0.05, 0.1) is 0 Å². The summed E-state index contributed by atoms with van der Waals surface area (Å²) in [5.74, 6) is 0.128. The first-order chi connectivity index (χ1) is 9.10. The highest BCUT2D eigenvalue weighted by Crippen LogP contribution is 2.34. The van der Waals surface area contributed by atoms with Crippen molar-refractivity contribution in [2.45, 2.75) is 51.5 Å².